The monoisotopic (exact) mass is 519 g/mol. The van der Waals surface area contributed by atoms with Crippen molar-refractivity contribution in [3.05, 3.63) is 78.1 Å². The van der Waals surface area contributed by atoms with Crippen LogP contribution in [0.15, 0.2) is 75.7 Å². The Morgan fingerprint density at radius 1 is 1.03 bits per heavy atom. The van der Waals surface area contributed by atoms with E-state index in [4.69, 9.17) is 13.7 Å². The fraction of sp³-hybridized carbons (Fsp3) is 0.310. The minimum atomic E-state index is -0.581. The topological polar surface area (TPSA) is 84.8 Å². The van der Waals surface area contributed by atoms with Gasteiger partial charge in [0.2, 0.25) is 0 Å². The van der Waals surface area contributed by atoms with Crippen molar-refractivity contribution in [2.75, 3.05) is 26.2 Å². The minimum Gasteiger partial charge on any atom is -0.490 e. The summed E-state index contributed by atoms with van der Waals surface area (Å²) in [5.41, 5.74) is 2.09. The third kappa shape index (κ3) is 5.49. The number of halogens is 1. The molecule has 7 nitrogen and oxygen atoms in total. The molecule has 0 saturated carbocycles. The number of aryl methyl sites for hydroxylation is 1. The van der Waals surface area contributed by atoms with E-state index in [-0.39, 0.29) is 19.0 Å². The van der Waals surface area contributed by atoms with Crippen molar-refractivity contribution in [3.8, 4) is 17.4 Å². The minimum absolute atomic E-state index is 0. The summed E-state index contributed by atoms with van der Waals surface area (Å²) in [5, 5.41) is 17.9. The number of aliphatic hydroxyl groups is 1. The molecule has 37 heavy (non-hydrogen) atoms. The van der Waals surface area contributed by atoms with Gasteiger partial charge in [0.05, 0.1) is 5.39 Å². The summed E-state index contributed by atoms with van der Waals surface area (Å²) in [7, 11) is 0. The Balaban J connectivity index is 0.00000280. The number of likely N-dealkylation sites (tertiary alicyclic amines) is 1. The highest BCUT2D eigenvalue weighted by Crippen LogP contribution is 2.33. The van der Waals surface area contributed by atoms with Crippen LogP contribution in [0.4, 0.5) is 0 Å². The van der Waals surface area contributed by atoms with Gasteiger partial charge in [-0.05, 0) is 67.2 Å². The van der Waals surface area contributed by atoms with Gasteiger partial charge >= 0.3 is 0 Å². The van der Waals surface area contributed by atoms with Gasteiger partial charge in [-0.3, -0.25) is 0 Å². The van der Waals surface area contributed by atoms with Gasteiger partial charge in [0.1, 0.15) is 24.0 Å². The maximum absolute atomic E-state index is 10.7. The van der Waals surface area contributed by atoms with Gasteiger partial charge in [0.25, 0.3) is 5.89 Å². The van der Waals surface area contributed by atoms with Gasteiger partial charge in [0, 0.05) is 12.6 Å². The molecule has 8 heteroatoms. The van der Waals surface area contributed by atoms with Crippen LogP contribution in [0, 0.1) is 6.92 Å². The maximum atomic E-state index is 10.7. The summed E-state index contributed by atoms with van der Waals surface area (Å²) < 4.78 is 17.1. The Labute approximate surface area is 221 Å². The third-order valence-electron chi connectivity index (χ3n) is 6.99. The summed E-state index contributed by atoms with van der Waals surface area (Å²) in [6.07, 6.45) is 1.61. The van der Waals surface area contributed by atoms with Crippen LogP contribution in [0.1, 0.15) is 30.1 Å². The van der Waals surface area contributed by atoms with Crippen LogP contribution in [0.5, 0.6) is 5.75 Å². The van der Waals surface area contributed by atoms with Crippen molar-refractivity contribution in [1.29, 1.82) is 0 Å². The molecule has 1 aliphatic rings. The van der Waals surface area contributed by atoms with Gasteiger partial charge in [-0.15, -0.1) is 12.4 Å². The SMILES string of the molecule is Cc1noc(-c2cc3c(OC[C@@H](O)CN4CCC(c5ccc6ccccc6c5)CC4)cccc3o2)n1.Cl. The first-order valence-corrected chi connectivity index (χ1v) is 12.5. The van der Waals surface area contributed by atoms with E-state index < -0.39 is 6.10 Å². The van der Waals surface area contributed by atoms with Crippen LogP contribution < -0.4 is 4.74 Å². The van der Waals surface area contributed by atoms with E-state index in [9.17, 15) is 5.11 Å². The van der Waals surface area contributed by atoms with Gasteiger partial charge in [-0.25, -0.2) is 0 Å². The van der Waals surface area contributed by atoms with Gasteiger partial charge in [-0.1, -0.05) is 53.7 Å². The number of nitrogens with zero attached hydrogens (tertiary/aromatic N) is 3. The van der Waals surface area contributed by atoms with Crippen molar-refractivity contribution in [1.82, 2.24) is 15.0 Å². The second kappa shape index (κ2) is 10.9. The molecule has 192 valence electrons. The largest absolute Gasteiger partial charge is 0.490 e. The number of β-amino-alcohol motifs (C(OH)–C–C–N with tert-alkyl or cyclic N) is 1. The fourth-order valence-electron chi connectivity index (χ4n) is 5.11. The molecule has 2 aromatic heterocycles. The molecular formula is C29H30ClN3O4. The molecule has 0 radical (unpaired) electrons. The van der Waals surface area contributed by atoms with E-state index in [0.717, 1.165) is 31.3 Å². The number of ether oxygens (including phenoxy) is 1. The Hall–Kier alpha value is -3.39. The lowest BCUT2D eigenvalue weighted by atomic mass is 9.88. The first-order chi connectivity index (χ1) is 17.6. The van der Waals surface area contributed by atoms with Crippen LogP contribution in [0.2, 0.25) is 0 Å². The summed E-state index contributed by atoms with van der Waals surface area (Å²) in [6, 6.07) is 22.8. The van der Waals surface area contributed by atoms with Crippen LogP contribution >= 0.6 is 12.4 Å². The zero-order valence-corrected chi connectivity index (χ0v) is 21.5. The first-order valence-electron chi connectivity index (χ1n) is 12.5. The van der Waals surface area contributed by atoms with Crippen molar-refractivity contribution >= 4 is 34.1 Å². The molecule has 1 atom stereocenters. The summed E-state index contributed by atoms with van der Waals surface area (Å²) in [4.78, 5) is 6.56. The summed E-state index contributed by atoms with van der Waals surface area (Å²) in [6.45, 7) is 4.51. The van der Waals surface area contributed by atoms with Gasteiger partial charge in [-0.2, -0.15) is 4.98 Å². The van der Waals surface area contributed by atoms with Gasteiger partial charge < -0.3 is 23.7 Å². The third-order valence-corrected chi connectivity index (χ3v) is 6.99. The van der Waals surface area contributed by atoms with Crippen molar-refractivity contribution < 1.29 is 18.8 Å². The molecule has 0 spiro atoms. The number of piperidine rings is 1. The maximum Gasteiger partial charge on any atom is 0.293 e. The summed E-state index contributed by atoms with van der Waals surface area (Å²) >= 11 is 0. The molecule has 0 unspecified atom stereocenters. The van der Waals surface area contributed by atoms with E-state index in [2.05, 4.69) is 57.5 Å². The lowest BCUT2D eigenvalue weighted by Crippen LogP contribution is -2.40. The number of aromatic nitrogens is 2. The number of hydrogen-bond donors (Lipinski definition) is 1. The molecule has 1 fully saturated rings. The second-order valence-corrected chi connectivity index (χ2v) is 9.57. The number of hydrogen-bond acceptors (Lipinski definition) is 7. The normalized spacial score (nSPS) is 15.6. The molecule has 0 aliphatic carbocycles. The van der Waals surface area contributed by atoms with E-state index in [1.807, 2.05) is 24.3 Å². The molecule has 0 bridgehead atoms. The van der Waals surface area contributed by atoms with Crippen LogP contribution in [-0.4, -0.2) is 52.5 Å². The molecule has 5 aromatic rings. The highest BCUT2D eigenvalue weighted by molar-refractivity contribution is 5.87. The Morgan fingerprint density at radius 3 is 2.62 bits per heavy atom. The van der Waals surface area contributed by atoms with Crippen molar-refractivity contribution in [2.24, 2.45) is 0 Å². The van der Waals surface area contributed by atoms with E-state index in [1.54, 1.807) is 6.92 Å². The van der Waals surface area contributed by atoms with Gasteiger partial charge in [0.15, 0.2) is 11.6 Å². The number of fused-ring (bicyclic) bond motifs is 2. The van der Waals surface area contributed by atoms with E-state index in [1.165, 1.54) is 16.3 Å². The molecular weight excluding hydrogens is 490 g/mol. The van der Waals surface area contributed by atoms with E-state index in [0.29, 0.717) is 41.3 Å². The number of furan rings is 1. The Kier molecular flexibility index (Phi) is 7.46. The van der Waals surface area contributed by atoms with Crippen LogP contribution in [-0.2, 0) is 0 Å². The lowest BCUT2D eigenvalue weighted by Gasteiger charge is -2.33. The Bertz CT molecular complexity index is 1490. The van der Waals surface area contributed by atoms with Crippen LogP contribution in [0.3, 0.4) is 0 Å². The highest BCUT2D eigenvalue weighted by Gasteiger charge is 2.23. The smallest absolute Gasteiger partial charge is 0.293 e. The first kappa shape index (κ1) is 25.3. The highest BCUT2D eigenvalue weighted by atomic mass is 35.5. The molecule has 1 N–H and O–H groups in total. The quantitative estimate of drug-likeness (QED) is 0.283. The van der Waals surface area contributed by atoms with E-state index >= 15 is 0 Å². The molecule has 3 heterocycles. The Morgan fingerprint density at radius 2 is 1.84 bits per heavy atom. The average molecular weight is 520 g/mol. The second-order valence-electron chi connectivity index (χ2n) is 9.57. The predicted molar refractivity (Wildman–Crippen MR) is 145 cm³/mol. The fourth-order valence-corrected chi connectivity index (χ4v) is 5.11. The summed E-state index contributed by atoms with van der Waals surface area (Å²) in [5.74, 6) is 2.60. The number of aliphatic hydroxyl groups excluding tert-OH is 1. The molecule has 1 saturated heterocycles. The standard InChI is InChI=1S/C29H29N3O4.ClH/c1-19-30-29(36-31-19)28-16-25-26(7-4-8-27(25)35-28)34-18-24(33)17-32-13-11-21(12-14-32)23-10-9-20-5-2-3-6-22(20)15-23;/h2-10,15-16,21,24,33H,11-14,17-18H2,1H3;1H/t24-;/m0./s1. The number of rotatable bonds is 7. The predicted octanol–water partition coefficient (Wildman–Crippen LogP) is 5.99. The molecule has 6 rings (SSSR count). The molecule has 0 amide bonds. The zero-order chi connectivity index (χ0) is 24.5. The van der Waals surface area contributed by atoms with Crippen LogP contribution in [0.25, 0.3) is 33.4 Å². The molecule has 1 aliphatic heterocycles. The molecule has 3 aromatic carbocycles. The van der Waals surface area contributed by atoms with Crippen molar-refractivity contribution in [2.45, 2.75) is 31.8 Å². The lowest BCUT2D eigenvalue weighted by molar-refractivity contribution is 0.0599. The van der Waals surface area contributed by atoms with Crippen molar-refractivity contribution in [3.63, 3.8) is 0 Å². The average Bonchev–Trinajstić information content (AvgIpc) is 3.54. The zero-order valence-electron chi connectivity index (χ0n) is 20.7. The number of benzene rings is 3.